The van der Waals surface area contributed by atoms with E-state index >= 15 is 0 Å². The van der Waals surface area contributed by atoms with Crippen LogP contribution in [0.1, 0.15) is 35.2 Å². The summed E-state index contributed by atoms with van der Waals surface area (Å²) in [6.45, 7) is 2.61. The van der Waals surface area contributed by atoms with Crippen molar-refractivity contribution >= 4 is 21.8 Å². The Balaban J connectivity index is 2.27. The molecule has 0 saturated carbocycles. The molecule has 1 aromatic carbocycles. The van der Waals surface area contributed by atoms with Crippen molar-refractivity contribution < 1.29 is 4.79 Å². The Morgan fingerprint density at radius 2 is 2.28 bits per heavy atom. The van der Waals surface area contributed by atoms with Gasteiger partial charge in [-0.25, -0.2) is 0 Å². The first kappa shape index (κ1) is 13.1. The normalized spacial score (nSPS) is 19.4. The third kappa shape index (κ3) is 2.56. The smallest absolute Gasteiger partial charge is 0.255 e. The number of benzene rings is 1. The number of carbonyl (C=O) groups is 1. The number of amides is 1. The second kappa shape index (κ2) is 5.53. The van der Waals surface area contributed by atoms with Gasteiger partial charge in [-0.05, 0) is 49.9 Å². The highest BCUT2D eigenvalue weighted by atomic mass is 79.9. The molecule has 0 bridgehead atoms. The molecule has 0 aliphatic carbocycles. The summed E-state index contributed by atoms with van der Waals surface area (Å²) < 4.78 is 0.965. The predicted molar refractivity (Wildman–Crippen MR) is 73.2 cm³/mol. The van der Waals surface area contributed by atoms with Gasteiger partial charge in [-0.2, -0.15) is 5.26 Å². The highest BCUT2D eigenvalue weighted by molar-refractivity contribution is 9.10. The first-order valence-electron chi connectivity index (χ1n) is 6.10. The predicted octanol–water partition coefficient (Wildman–Crippen LogP) is 3.28. The fourth-order valence-corrected chi connectivity index (χ4v) is 2.81. The summed E-state index contributed by atoms with van der Waals surface area (Å²) in [5.41, 5.74) is 1.64. The average molecular weight is 307 g/mol. The third-order valence-corrected chi connectivity index (χ3v) is 3.82. The first-order valence-corrected chi connectivity index (χ1v) is 6.89. The third-order valence-electron chi connectivity index (χ3n) is 3.33. The van der Waals surface area contributed by atoms with Crippen molar-refractivity contribution in [3.8, 4) is 6.07 Å². The molecule has 94 valence electrons. The molecule has 1 aliphatic heterocycles. The minimum Gasteiger partial charge on any atom is -0.323 e. The molecule has 1 aromatic rings. The van der Waals surface area contributed by atoms with Crippen LogP contribution in [-0.4, -0.2) is 23.4 Å². The molecular formula is C14H15BrN2O. The van der Waals surface area contributed by atoms with Gasteiger partial charge in [0.2, 0.25) is 0 Å². The van der Waals surface area contributed by atoms with Gasteiger partial charge in [-0.3, -0.25) is 4.79 Å². The molecular weight excluding hydrogens is 292 g/mol. The van der Waals surface area contributed by atoms with Gasteiger partial charge in [-0.1, -0.05) is 15.9 Å². The molecule has 18 heavy (non-hydrogen) atoms. The average Bonchev–Trinajstić information content (AvgIpc) is 2.38. The molecule has 1 amide bonds. The van der Waals surface area contributed by atoms with Crippen LogP contribution < -0.4 is 0 Å². The van der Waals surface area contributed by atoms with E-state index in [2.05, 4.69) is 22.0 Å². The van der Waals surface area contributed by atoms with Gasteiger partial charge in [0.25, 0.3) is 5.91 Å². The number of rotatable bonds is 1. The number of halogens is 1. The van der Waals surface area contributed by atoms with Crippen LogP contribution in [0.25, 0.3) is 0 Å². The SMILES string of the molecule is Cc1cc(Br)ccc1C(=O)N1CCCCC1C#N. The summed E-state index contributed by atoms with van der Waals surface area (Å²) in [6, 6.07) is 7.58. The number of aryl methyl sites for hydroxylation is 1. The van der Waals surface area contributed by atoms with E-state index in [1.807, 2.05) is 25.1 Å². The number of nitrogens with zero attached hydrogens (tertiary/aromatic N) is 2. The fourth-order valence-electron chi connectivity index (χ4n) is 2.33. The lowest BCUT2D eigenvalue weighted by Gasteiger charge is -2.31. The van der Waals surface area contributed by atoms with E-state index in [1.54, 1.807) is 4.90 Å². The molecule has 0 N–H and O–H groups in total. The van der Waals surface area contributed by atoms with Gasteiger partial charge in [0.1, 0.15) is 6.04 Å². The van der Waals surface area contributed by atoms with Crippen molar-refractivity contribution in [3.63, 3.8) is 0 Å². The zero-order chi connectivity index (χ0) is 13.1. The molecule has 0 spiro atoms. The number of hydrogen-bond donors (Lipinski definition) is 0. The quantitative estimate of drug-likeness (QED) is 0.799. The number of likely N-dealkylation sites (tertiary alicyclic amines) is 1. The van der Waals surface area contributed by atoms with Crippen molar-refractivity contribution in [2.75, 3.05) is 6.54 Å². The Morgan fingerprint density at radius 1 is 1.50 bits per heavy atom. The van der Waals surface area contributed by atoms with Gasteiger partial charge in [0.05, 0.1) is 6.07 Å². The molecule has 1 atom stereocenters. The number of nitriles is 1. The van der Waals surface area contributed by atoms with E-state index in [0.717, 1.165) is 29.3 Å². The van der Waals surface area contributed by atoms with Crippen molar-refractivity contribution in [2.24, 2.45) is 0 Å². The van der Waals surface area contributed by atoms with Crippen LogP contribution in [0.3, 0.4) is 0 Å². The van der Waals surface area contributed by atoms with Crippen LogP contribution in [0.2, 0.25) is 0 Å². The summed E-state index contributed by atoms with van der Waals surface area (Å²) in [4.78, 5) is 14.2. The highest BCUT2D eigenvalue weighted by Gasteiger charge is 2.27. The van der Waals surface area contributed by atoms with Gasteiger partial charge in [-0.15, -0.1) is 0 Å². The van der Waals surface area contributed by atoms with Crippen molar-refractivity contribution in [1.29, 1.82) is 5.26 Å². The summed E-state index contributed by atoms with van der Waals surface area (Å²) in [7, 11) is 0. The number of carbonyl (C=O) groups excluding carboxylic acids is 1. The Bertz CT molecular complexity index is 507. The van der Waals surface area contributed by atoms with Crippen LogP contribution >= 0.6 is 15.9 Å². The summed E-state index contributed by atoms with van der Waals surface area (Å²) in [5.74, 6) is -0.0220. The van der Waals surface area contributed by atoms with Crippen LogP contribution in [0.4, 0.5) is 0 Å². The molecule has 0 radical (unpaired) electrons. The Kier molecular flexibility index (Phi) is 4.03. The second-order valence-electron chi connectivity index (χ2n) is 4.60. The van der Waals surface area contributed by atoms with Crippen LogP contribution in [0, 0.1) is 18.3 Å². The highest BCUT2D eigenvalue weighted by Crippen LogP contribution is 2.22. The van der Waals surface area contributed by atoms with Gasteiger partial charge < -0.3 is 4.90 Å². The van der Waals surface area contributed by atoms with Crippen molar-refractivity contribution in [1.82, 2.24) is 4.90 Å². The van der Waals surface area contributed by atoms with E-state index in [4.69, 9.17) is 5.26 Å². The van der Waals surface area contributed by atoms with E-state index in [0.29, 0.717) is 12.1 Å². The Morgan fingerprint density at radius 3 is 2.94 bits per heavy atom. The van der Waals surface area contributed by atoms with Crippen LogP contribution in [0.15, 0.2) is 22.7 Å². The summed E-state index contributed by atoms with van der Waals surface area (Å²) in [5, 5.41) is 9.12. The lowest BCUT2D eigenvalue weighted by molar-refractivity contribution is 0.0670. The Hall–Kier alpha value is -1.34. The minimum absolute atomic E-state index is 0.0220. The summed E-state index contributed by atoms with van der Waals surface area (Å²) in [6.07, 6.45) is 2.80. The lowest BCUT2D eigenvalue weighted by atomic mass is 10.0. The monoisotopic (exact) mass is 306 g/mol. The molecule has 2 rings (SSSR count). The van der Waals surface area contributed by atoms with Crippen LogP contribution in [-0.2, 0) is 0 Å². The number of piperidine rings is 1. The molecule has 3 nitrogen and oxygen atoms in total. The molecule has 1 fully saturated rings. The lowest BCUT2D eigenvalue weighted by Crippen LogP contribution is -2.43. The second-order valence-corrected chi connectivity index (χ2v) is 5.51. The first-order chi connectivity index (χ1) is 8.63. The van der Waals surface area contributed by atoms with Gasteiger partial charge >= 0.3 is 0 Å². The van der Waals surface area contributed by atoms with E-state index in [1.165, 1.54) is 0 Å². The maximum atomic E-state index is 12.5. The number of hydrogen-bond acceptors (Lipinski definition) is 2. The maximum absolute atomic E-state index is 12.5. The zero-order valence-electron chi connectivity index (χ0n) is 10.3. The molecule has 4 heteroatoms. The fraction of sp³-hybridized carbons (Fsp3) is 0.429. The largest absolute Gasteiger partial charge is 0.323 e. The van der Waals surface area contributed by atoms with E-state index in [9.17, 15) is 4.79 Å². The zero-order valence-corrected chi connectivity index (χ0v) is 11.9. The minimum atomic E-state index is -0.269. The van der Waals surface area contributed by atoms with Gasteiger partial charge in [0, 0.05) is 16.6 Å². The van der Waals surface area contributed by atoms with Crippen molar-refractivity contribution in [2.45, 2.75) is 32.2 Å². The molecule has 1 saturated heterocycles. The molecule has 1 aliphatic rings. The molecule has 1 heterocycles. The van der Waals surface area contributed by atoms with E-state index in [-0.39, 0.29) is 11.9 Å². The molecule has 1 unspecified atom stereocenters. The standard InChI is InChI=1S/C14H15BrN2O/c1-10-8-11(15)5-6-13(10)14(18)17-7-3-2-4-12(17)9-16/h5-6,8,12H,2-4,7H2,1H3. The maximum Gasteiger partial charge on any atom is 0.255 e. The van der Waals surface area contributed by atoms with E-state index < -0.39 is 0 Å². The van der Waals surface area contributed by atoms with Crippen LogP contribution in [0.5, 0.6) is 0 Å². The van der Waals surface area contributed by atoms with Gasteiger partial charge in [0.15, 0.2) is 0 Å². The Labute approximate surface area is 116 Å². The summed E-state index contributed by atoms with van der Waals surface area (Å²) >= 11 is 3.39. The topological polar surface area (TPSA) is 44.1 Å². The van der Waals surface area contributed by atoms with Crippen molar-refractivity contribution in [3.05, 3.63) is 33.8 Å². The molecule has 0 aromatic heterocycles.